The number of carboxylic acid groups (broad SMARTS) is 1. The normalized spacial score (nSPS) is 9.50. The van der Waals surface area contributed by atoms with Gasteiger partial charge in [0.1, 0.15) is 0 Å². The van der Waals surface area contributed by atoms with E-state index in [2.05, 4.69) is 20.9 Å². The number of halogens is 1. The molecule has 3 N–H and O–H groups in total. The second kappa shape index (κ2) is 3.51. The standard InChI is InChI=1S/C6H6BrN3O2/c7-4-1-2-5(9-3-4)10(8)6(11)12/h1-3H,8H2,(H,11,12). The van der Waals surface area contributed by atoms with E-state index in [4.69, 9.17) is 10.9 Å². The van der Waals surface area contributed by atoms with Crippen LogP contribution in [0, 0.1) is 0 Å². The Bertz CT molecular complexity index is 287. The number of hydrogen-bond acceptors (Lipinski definition) is 3. The molecule has 0 bridgehead atoms. The van der Waals surface area contributed by atoms with Crippen molar-refractivity contribution in [1.29, 1.82) is 0 Å². The van der Waals surface area contributed by atoms with E-state index in [9.17, 15) is 4.79 Å². The summed E-state index contributed by atoms with van der Waals surface area (Å²) < 4.78 is 0.769. The molecule has 0 unspecified atom stereocenters. The number of carbonyl (C=O) groups is 1. The van der Waals surface area contributed by atoms with Gasteiger partial charge in [-0.15, -0.1) is 0 Å². The summed E-state index contributed by atoms with van der Waals surface area (Å²) >= 11 is 3.16. The van der Waals surface area contributed by atoms with Crippen LogP contribution < -0.4 is 10.9 Å². The first-order chi connectivity index (χ1) is 5.61. The quantitative estimate of drug-likeness (QED) is 0.433. The number of aromatic nitrogens is 1. The minimum atomic E-state index is -1.25. The lowest BCUT2D eigenvalue weighted by Gasteiger charge is -2.09. The number of hydrogen-bond donors (Lipinski definition) is 2. The van der Waals surface area contributed by atoms with Crippen molar-refractivity contribution < 1.29 is 9.90 Å². The topological polar surface area (TPSA) is 79.5 Å². The van der Waals surface area contributed by atoms with Crippen molar-refractivity contribution in [2.24, 2.45) is 5.84 Å². The fraction of sp³-hybridized carbons (Fsp3) is 0. The number of amides is 1. The smallest absolute Gasteiger partial charge is 0.427 e. The first kappa shape index (κ1) is 8.95. The molecule has 0 radical (unpaired) electrons. The lowest BCUT2D eigenvalue weighted by Crippen LogP contribution is -2.36. The highest BCUT2D eigenvalue weighted by Crippen LogP contribution is 2.12. The van der Waals surface area contributed by atoms with Crippen LogP contribution in [0.2, 0.25) is 0 Å². The van der Waals surface area contributed by atoms with E-state index in [0.717, 1.165) is 4.47 Å². The van der Waals surface area contributed by atoms with Gasteiger partial charge in [0.15, 0.2) is 5.82 Å². The third kappa shape index (κ3) is 1.93. The van der Waals surface area contributed by atoms with E-state index >= 15 is 0 Å². The fourth-order valence-corrected chi connectivity index (χ4v) is 0.843. The van der Waals surface area contributed by atoms with Crippen molar-refractivity contribution in [2.45, 2.75) is 0 Å². The summed E-state index contributed by atoms with van der Waals surface area (Å²) in [6.45, 7) is 0. The Balaban J connectivity index is 2.89. The van der Waals surface area contributed by atoms with Crippen molar-refractivity contribution in [3.05, 3.63) is 22.8 Å². The van der Waals surface area contributed by atoms with Crippen molar-refractivity contribution in [2.75, 3.05) is 5.01 Å². The van der Waals surface area contributed by atoms with Gasteiger partial charge in [-0.3, -0.25) is 0 Å². The third-order valence-electron chi connectivity index (χ3n) is 1.16. The maximum absolute atomic E-state index is 10.3. The van der Waals surface area contributed by atoms with E-state index in [1.165, 1.54) is 12.3 Å². The van der Waals surface area contributed by atoms with Gasteiger partial charge in [0.25, 0.3) is 0 Å². The molecule has 6 heteroatoms. The van der Waals surface area contributed by atoms with Crippen molar-refractivity contribution in [3.8, 4) is 0 Å². The lowest BCUT2D eigenvalue weighted by atomic mass is 10.4. The van der Waals surface area contributed by atoms with Crippen molar-refractivity contribution in [3.63, 3.8) is 0 Å². The number of rotatable bonds is 1. The molecular formula is C6H6BrN3O2. The van der Waals surface area contributed by atoms with Gasteiger partial charge in [0.2, 0.25) is 0 Å². The summed E-state index contributed by atoms with van der Waals surface area (Å²) in [7, 11) is 0. The zero-order chi connectivity index (χ0) is 9.14. The molecule has 1 aromatic rings. The van der Waals surface area contributed by atoms with Crippen molar-refractivity contribution in [1.82, 2.24) is 4.98 Å². The lowest BCUT2D eigenvalue weighted by molar-refractivity contribution is 0.201. The maximum atomic E-state index is 10.3. The van der Waals surface area contributed by atoms with Gasteiger partial charge >= 0.3 is 6.09 Å². The molecule has 0 aliphatic heterocycles. The average Bonchev–Trinajstić information content (AvgIpc) is 2.04. The van der Waals surface area contributed by atoms with Gasteiger partial charge in [-0.2, -0.15) is 5.01 Å². The first-order valence-electron chi connectivity index (χ1n) is 3.00. The van der Waals surface area contributed by atoms with Crippen LogP contribution in [0.25, 0.3) is 0 Å². The number of pyridine rings is 1. The van der Waals surface area contributed by atoms with E-state index in [-0.39, 0.29) is 5.82 Å². The van der Waals surface area contributed by atoms with Crippen LogP contribution in [0.5, 0.6) is 0 Å². The van der Waals surface area contributed by atoms with Gasteiger partial charge in [-0.05, 0) is 28.1 Å². The Morgan fingerprint density at radius 1 is 1.67 bits per heavy atom. The highest BCUT2D eigenvalue weighted by atomic mass is 79.9. The number of anilines is 1. The molecular weight excluding hydrogens is 226 g/mol. The monoisotopic (exact) mass is 231 g/mol. The van der Waals surface area contributed by atoms with Gasteiger partial charge in [0.05, 0.1) is 0 Å². The largest absolute Gasteiger partial charge is 0.464 e. The number of nitrogens with zero attached hydrogens (tertiary/aromatic N) is 2. The van der Waals surface area contributed by atoms with Crippen LogP contribution in [-0.4, -0.2) is 16.2 Å². The molecule has 0 spiro atoms. The molecule has 12 heavy (non-hydrogen) atoms. The molecule has 1 heterocycles. The summed E-state index contributed by atoms with van der Waals surface area (Å²) in [5.74, 6) is 5.33. The first-order valence-corrected chi connectivity index (χ1v) is 3.80. The molecule has 5 nitrogen and oxygen atoms in total. The highest BCUT2D eigenvalue weighted by Gasteiger charge is 2.09. The van der Waals surface area contributed by atoms with E-state index in [1.807, 2.05) is 0 Å². The van der Waals surface area contributed by atoms with Crippen LogP contribution in [-0.2, 0) is 0 Å². The third-order valence-corrected chi connectivity index (χ3v) is 1.63. The minimum Gasteiger partial charge on any atom is -0.464 e. The van der Waals surface area contributed by atoms with Crippen molar-refractivity contribution >= 4 is 27.8 Å². The molecule has 0 saturated carbocycles. The molecule has 1 rings (SSSR count). The van der Waals surface area contributed by atoms with Gasteiger partial charge in [0, 0.05) is 10.7 Å². The van der Waals surface area contributed by atoms with Gasteiger partial charge in [-0.1, -0.05) is 0 Å². The SMILES string of the molecule is NN(C(=O)O)c1ccc(Br)cn1. The molecule has 0 aliphatic carbocycles. The van der Waals surface area contributed by atoms with Gasteiger partial charge in [-0.25, -0.2) is 15.6 Å². The molecule has 1 amide bonds. The number of hydrazine groups is 1. The maximum Gasteiger partial charge on any atom is 0.427 e. The molecule has 0 fully saturated rings. The molecule has 64 valence electrons. The summed E-state index contributed by atoms with van der Waals surface area (Å²) in [6.07, 6.45) is 0.225. The number of nitrogens with two attached hydrogens (primary N) is 1. The summed E-state index contributed by atoms with van der Waals surface area (Å²) in [4.78, 5) is 14.1. The van der Waals surface area contributed by atoms with Crippen LogP contribution >= 0.6 is 15.9 Å². The Morgan fingerprint density at radius 2 is 2.33 bits per heavy atom. The molecule has 0 aromatic carbocycles. The summed E-state index contributed by atoms with van der Waals surface area (Å²) in [5, 5.41) is 9.00. The van der Waals surface area contributed by atoms with Crippen LogP contribution in [0.3, 0.4) is 0 Å². The Morgan fingerprint density at radius 3 is 2.75 bits per heavy atom. The van der Waals surface area contributed by atoms with E-state index in [0.29, 0.717) is 5.01 Å². The second-order valence-electron chi connectivity index (χ2n) is 1.99. The second-order valence-corrected chi connectivity index (χ2v) is 2.90. The van der Waals surface area contributed by atoms with E-state index < -0.39 is 6.09 Å². The Kier molecular flexibility index (Phi) is 2.61. The Labute approximate surface area is 76.9 Å². The zero-order valence-electron chi connectivity index (χ0n) is 5.94. The van der Waals surface area contributed by atoms with E-state index in [1.54, 1.807) is 6.07 Å². The molecule has 0 saturated heterocycles. The predicted molar refractivity (Wildman–Crippen MR) is 46.6 cm³/mol. The van der Waals surface area contributed by atoms with Crippen LogP contribution in [0.1, 0.15) is 0 Å². The van der Waals surface area contributed by atoms with Crippen LogP contribution in [0.15, 0.2) is 22.8 Å². The zero-order valence-corrected chi connectivity index (χ0v) is 7.52. The fourth-order valence-electron chi connectivity index (χ4n) is 0.609. The predicted octanol–water partition coefficient (Wildman–Crippen LogP) is 1.20. The summed E-state index contributed by atoms with van der Waals surface area (Å²) in [6, 6.07) is 3.16. The Hall–Kier alpha value is -1.14. The molecule has 0 atom stereocenters. The minimum absolute atomic E-state index is 0.186. The van der Waals surface area contributed by atoms with Crippen LogP contribution in [0.4, 0.5) is 10.6 Å². The summed E-state index contributed by atoms with van der Waals surface area (Å²) in [5.41, 5.74) is 0. The molecule has 0 aliphatic rings. The highest BCUT2D eigenvalue weighted by molar-refractivity contribution is 9.10. The molecule has 1 aromatic heterocycles. The average molecular weight is 232 g/mol. The van der Waals surface area contributed by atoms with Gasteiger partial charge < -0.3 is 5.11 Å².